The van der Waals surface area contributed by atoms with Gasteiger partial charge in [0, 0.05) is 37.6 Å². The van der Waals surface area contributed by atoms with E-state index in [0.717, 1.165) is 11.6 Å². The van der Waals surface area contributed by atoms with E-state index in [-0.39, 0.29) is 30.0 Å². The molecule has 0 saturated carbocycles. The number of hydrogen-bond acceptors (Lipinski definition) is 6. The van der Waals surface area contributed by atoms with Gasteiger partial charge in [-0.2, -0.15) is 0 Å². The van der Waals surface area contributed by atoms with Crippen LogP contribution in [0.5, 0.6) is 0 Å². The van der Waals surface area contributed by atoms with Gasteiger partial charge in [0.2, 0.25) is 11.8 Å². The minimum absolute atomic E-state index is 0.0664. The Bertz CT molecular complexity index is 1450. The first-order valence-corrected chi connectivity index (χ1v) is 12.4. The van der Waals surface area contributed by atoms with Gasteiger partial charge in [0.15, 0.2) is 0 Å². The summed E-state index contributed by atoms with van der Waals surface area (Å²) in [4.78, 5) is 56.8. The normalized spacial score (nSPS) is 17.0. The molecule has 2 N–H and O–H groups in total. The molecule has 1 fully saturated rings. The Hall–Kier alpha value is -4.54. The van der Waals surface area contributed by atoms with Gasteiger partial charge >= 0.3 is 6.09 Å². The highest BCUT2D eigenvalue weighted by molar-refractivity contribution is 6.00. The summed E-state index contributed by atoms with van der Waals surface area (Å²) < 4.78 is 21.7. The highest BCUT2D eigenvalue weighted by atomic mass is 19.1. The molecule has 11 heteroatoms. The molecule has 0 unspecified atom stereocenters. The maximum absolute atomic E-state index is 15.0. The molecule has 4 rings (SSSR count). The number of hydrogen-bond donors (Lipinski definition) is 2. The molecule has 0 radical (unpaired) electrons. The van der Waals surface area contributed by atoms with Gasteiger partial charge in [-0.05, 0) is 57.5 Å². The quantitative estimate of drug-likeness (QED) is 0.513. The van der Waals surface area contributed by atoms with Crippen LogP contribution in [0.2, 0.25) is 0 Å². The van der Waals surface area contributed by atoms with Crippen molar-refractivity contribution in [1.29, 1.82) is 0 Å². The van der Waals surface area contributed by atoms with Crippen molar-refractivity contribution in [2.75, 3.05) is 23.7 Å². The van der Waals surface area contributed by atoms with Crippen molar-refractivity contribution in [3.8, 4) is 5.69 Å². The summed E-state index contributed by atoms with van der Waals surface area (Å²) in [6.07, 6.45) is 2.44. The molecule has 10 nitrogen and oxygen atoms in total. The first kappa shape index (κ1) is 27.5. The highest BCUT2D eigenvalue weighted by Gasteiger charge is 2.45. The van der Waals surface area contributed by atoms with Gasteiger partial charge in [-0.15, -0.1) is 0 Å². The van der Waals surface area contributed by atoms with Crippen molar-refractivity contribution in [1.82, 2.24) is 14.5 Å². The number of amides is 3. The number of ether oxygens (including phenoxy) is 1. The monoisotopic (exact) mass is 535 g/mol. The molecule has 1 aromatic carbocycles. The zero-order chi connectivity index (χ0) is 28.3. The third kappa shape index (κ3) is 6.67. The summed E-state index contributed by atoms with van der Waals surface area (Å²) in [6.45, 7) is 6.85. The number of carbonyl (C=O) groups is 3. The van der Waals surface area contributed by atoms with Gasteiger partial charge < -0.3 is 20.3 Å². The largest absolute Gasteiger partial charge is 0.444 e. The molecule has 2 atom stereocenters. The van der Waals surface area contributed by atoms with E-state index in [1.54, 1.807) is 51.2 Å². The van der Waals surface area contributed by atoms with Gasteiger partial charge in [-0.3, -0.25) is 19.0 Å². The molecular formula is C28H30FN5O5. The fourth-order valence-corrected chi connectivity index (χ4v) is 4.19. The average molecular weight is 536 g/mol. The average Bonchev–Trinajstić information content (AvgIpc) is 3.32. The second-order valence-corrected chi connectivity index (χ2v) is 10.4. The number of rotatable bonds is 5. The molecule has 0 aliphatic carbocycles. The molecule has 2 aromatic heterocycles. The number of carbonyl (C=O) groups excluding carboxylic acids is 3. The number of anilines is 2. The van der Waals surface area contributed by atoms with Crippen molar-refractivity contribution in [3.63, 3.8) is 0 Å². The van der Waals surface area contributed by atoms with Crippen LogP contribution in [0.25, 0.3) is 5.69 Å². The van der Waals surface area contributed by atoms with Crippen LogP contribution in [0.3, 0.4) is 0 Å². The highest BCUT2D eigenvalue weighted by Crippen LogP contribution is 2.29. The number of benzene rings is 1. The number of nitrogens with zero attached hydrogens (tertiary/aromatic N) is 3. The molecule has 0 bridgehead atoms. The minimum Gasteiger partial charge on any atom is -0.444 e. The summed E-state index contributed by atoms with van der Waals surface area (Å²) in [5, 5.41) is 5.23. The van der Waals surface area contributed by atoms with E-state index in [9.17, 15) is 23.6 Å². The van der Waals surface area contributed by atoms with Crippen LogP contribution in [0.15, 0.2) is 65.7 Å². The van der Waals surface area contributed by atoms with Crippen molar-refractivity contribution in [2.24, 2.45) is 11.8 Å². The Morgan fingerprint density at radius 3 is 2.28 bits per heavy atom. The van der Waals surface area contributed by atoms with E-state index >= 15 is 0 Å². The second kappa shape index (κ2) is 11.1. The zero-order valence-electron chi connectivity index (χ0n) is 22.1. The van der Waals surface area contributed by atoms with Crippen LogP contribution in [0.1, 0.15) is 26.3 Å². The maximum atomic E-state index is 15.0. The summed E-state index contributed by atoms with van der Waals surface area (Å²) in [6, 6.07) is 12.0. The fourth-order valence-electron chi connectivity index (χ4n) is 4.19. The van der Waals surface area contributed by atoms with Gasteiger partial charge in [-0.1, -0.05) is 12.1 Å². The summed E-state index contributed by atoms with van der Waals surface area (Å²) in [7, 11) is 0. The smallest absolute Gasteiger partial charge is 0.410 e. The lowest BCUT2D eigenvalue weighted by Gasteiger charge is -2.24. The summed E-state index contributed by atoms with van der Waals surface area (Å²) in [5.41, 5.74) is -0.0306. The lowest BCUT2D eigenvalue weighted by atomic mass is 9.94. The summed E-state index contributed by atoms with van der Waals surface area (Å²) >= 11 is 0. The Labute approximate surface area is 224 Å². The fraction of sp³-hybridized carbons (Fsp3) is 0.321. The van der Waals surface area contributed by atoms with Crippen LogP contribution < -0.4 is 16.2 Å². The summed E-state index contributed by atoms with van der Waals surface area (Å²) in [5.74, 6) is -3.52. The van der Waals surface area contributed by atoms with Gasteiger partial charge in [-0.25, -0.2) is 14.2 Å². The first-order valence-electron chi connectivity index (χ1n) is 12.4. The van der Waals surface area contributed by atoms with Crippen LogP contribution in [0, 0.1) is 24.6 Å². The predicted octanol–water partition coefficient (Wildman–Crippen LogP) is 3.74. The molecule has 1 saturated heterocycles. The van der Waals surface area contributed by atoms with E-state index in [2.05, 4.69) is 15.6 Å². The maximum Gasteiger partial charge on any atom is 0.410 e. The van der Waals surface area contributed by atoms with Gasteiger partial charge in [0.05, 0.1) is 23.2 Å². The van der Waals surface area contributed by atoms with E-state index in [0.29, 0.717) is 5.82 Å². The molecule has 3 aromatic rings. The van der Waals surface area contributed by atoms with Crippen LogP contribution in [-0.4, -0.2) is 51.0 Å². The third-order valence-corrected chi connectivity index (χ3v) is 6.12. The SMILES string of the molecule is Cc1ccc(NC(=O)[C@H]2CN(C(=O)OC(C)(C)C)C[C@@H]2C(=O)Nc2ccc(-n3ccccc3=O)cc2F)nc1. The lowest BCUT2D eigenvalue weighted by Crippen LogP contribution is -2.36. The van der Waals surface area contributed by atoms with E-state index < -0.39 is 41.2 Å². The second-order valence-electron chi connectivity index (χ2n) is 10.4. The number of aryl methyl sites for hydroxylation is 1. The Morgan fingerprint density at radius 2 is 1.69 bits per heavy atom. The molecule has 3 amide bonds. The van der Waals surface area contributed by atoms with Crippen LogP contribution >= 0.6 is 0 Å². The van der Waals surface area contributed by atoms with Gasteiger partial charge in [0.25, 0.3) is 5.56 Å². The number of aromatic nitrogens is 2. The molecule has 1 aliphatic heterocycles. The zero-order valence-corrected chi connectivity index (χ0v) is 22.1. The van der Waals surface area contributed by atoms with Gasteiger partial charge in [0.1, 0.15) is 17.2 Å². The number of nitrogens with one attached hydrogen (secondary N) is 2. The molecule has 1 aliphatic rings. The Kier molecular flexibility index (Phi) is 7.80. The Morgan fingerprint density at radius 1 is 1.00 bits per heavy atom. The predicted molar refractivity (Wildman–Crippen MR) is 143 cm³/mol. The van der Waals surface area contributed by atoms with Crippen molar-refractivity contribution < 1.29 is 23.5 Å². The molecular weight excluding hydrogens is 505 g/mol. The van der Waals surface area contributed by atoms with Crippen molar-refractivity contribution >= 4 is 29.4 Å². The lowest BCUT2D eigenvalue weighted by molar-refractivity contribution is -0.127. The number of likely N-dealkylation sites (tertiary alicyclic amines) is 1. The topological polar surface area (TPSA) is 123 Å². The molecule has 204 valence electrons. The first-order chi connectivity index (χ1) is 18.4. The standard InChI is InChI=1S/C28H30FN5O5/c1-17-8-11-23(30-14-17)32-26(37)20-16-33(27(38)39-28(2,3)4)15-19(20)25(36)31-22-10-9-18(13-21(22)29)34-12-6-5-7-24(34)35/h5-14,19-20H,15-16H2,1-4H3,(H,31,36)(H,30,32,37)/t19-,20-/m0/s1. The van der Waals surface area contributed by atoms with E-state index in [4.69, 9.17) is 4.74 Å². The number of halogens is 1. The molecule has 3 heterocycles. The minimum atomic E-state index is -0.987. The van der Waals surface area contributed by atoms with Crippen LogP contribution in [-0.2, 0) is 14.3 Å². The van der Waals surface area contributed by atoms with Crippen LogP contribution in [0.4, 0.5) is 20.7 Å². The Balaban J connectivity index is 1.55. The van der Waals surface area contributed by atoms with E-state index in [1.807, 2.05) is 6.92 Å². The third-order valence-electron chi connectivity index (χ3n) is 6.12. The molecule has 0 spiro atoms. The van der Waals surface area contributed by atoms with Crippen molar-refractivity contribution in [3.05, 3.63) is 82.7 Å². The van der Waals surface area contributed by atoms with Crippen molar-refractivity contribution in [2.45, 2.75) is 33.3 Å². The molecule has 39 heavy (non-hydrogen) atoms. The number of pyridine rings is 2. The van der Waals surface area contributed by atoms with E-state index in [1.165, 1.54) is 33.9 Å².